The fourth-order valence-electron chi connectivity index (χ4n) is 13.5. The molecule has 112 heavy (non-hydrogen) atoms. The highest BCUT2D eigenvalue weighted by Gasteiger charge is 2.47. The first-order valence-corrected chi connectivity index (χ1v) is 37.4. The summed E-state index contributed by atoms with van der Waals surface area (Å²) in [6.45, 7) is 32.1. The van der Waals surface area contributed by atoms with E-state index in [0.29, 0.717) is 38.5 Å². The zero-order valence-corrected chi connectivity index (χ0v) is 64.6. The van der Waals surface area contributed by atoms with E-state index in [4.69, 9.17) is 47.4 Å². The molecule has 2 heterocycles. The van der Waals surface area contributed by atoms with Gasteiger partial charge in [-0.1, -0.05) is 116 Å². The Bertz CT molecular complexity index is 4650. The second kappa shape index (κ2) is 35.1. The summed E-state index contributed by atoms with van der Waals surface area (Å²) >= 11 is 0. The van der Waals surface area contributed by atoms with E-state index in [0.717, 1.165) is 32.1 Å². The smallest absolute Gasteiger partial charge is 0.333 e. The standard InChI is InChI=1S/C90H90N2O20/c1-15-37-103-89(101)67(43-49(3)4)91-81(93)63-45-69(109-59-25-17-55(18-26-59)33-39-105-85(97)51(7)8)75-77-71(111-61-29-21-57(22-30-61)35-41-107-87(99)53(11)12)47-65-74-66(84(96)92(83(65)95)68(44-50(5)6)90(102)104-38-16-2)48-72(112-62-31-23-58(24-32-62)36-42-108-88(100)54(13)14)78(80(74)77)76-70(46-64(82(91)94)73(63)79(75)76)110-60-27-19-56(20-28-60)34-40-106-86(98)52(9)10/h17-32,45-50,67-68H,7,9,11,13,15-16,33-44H2,1-6,8,10,12,14H3. The van der Waals surface area contributed by atoms with Crippen LogP contribution in [0.2, 0.25) is 0 Å². The molecule has 0 spiro atoms. The van der Waals surface area contributed by atoms with Gasteiger partial charge in [0.05, 0.1) is 61.9 Å². The molecule has 2 atom stereocenters. The number of rotatable bonds is 36. The van der Waals surface area contributed by atoms with Crippen molar-refractivity contribution >= 4 is 103 Å². The summed E-state index contributed by atoms with van der Waals surface area (Å²) in [5.41, 5.74) is 3.52. The number of hydrogen-bond donors (Lipinski definition) is 0. The van der Waals surface area contributed by atoms with Crippen molar-refractivity contribution in [2.45, 2.75) is 133 Å². The lowest BCUT2D eigenvalue weighted by Crippen LogP contribution is -2.51. The van der Waals surface area contributed by atoms with E-state index in [-0.39, 0.29) is 198 Å². The molecule has 2 aliphatic heterocycles. The number of ether oxygens (including phenoxy) is 10. The van der Waals surface area contributed by atoms with Gasteiger partial charge in [0.25, 0.3) is 23.6 Å². The predicted molar refractivity (Wildman–Crippen MR) is 422 cm³/mol. The molecule has 2 aliphatic rings. The Hall–Kier alpha value is -12.5. The summed E-state index contributed by atoms with van der Waals surface area (Å²) in [5.74, 6) is -7.23. The van der Waals surface area contributed by atoms with Crippen LogP contribution in [0.5, 0.6) is 46.0 Å². The quantitative estimate of drug-likeness (QED) is 0.00881. The van der Waals surface area contributed by atoms with Crippen LogP contribution in [-0.2, 0) is 82.9 Å². The number of carbonyl (C=O) groups excluding carboxylic acids is 10. The molecule has 0 radical (unpaired) electrons. The van der Waals surface area contributed by atoms with Crippen LogP contribution in [0.15, 0.2) is 170 Å². The highest BCUT2D eigenvalue weighted by molar-refractivity contribution is 6.45. The average Bonchev–Trinajstić information content (AvgIpc) is 0.670. The first kappa shape index (κ1) is 80.6. The molecule has 0 fully saturated rings. The van der Waals surface area contributed by atoms with Crippen molar-refractivity contribution in [3.05, 3.63) is 214 Å². The molecule has 9 aromatic carbocycles. The van der Waals surface area contributed by atoms with Gasteiger partial charge in [0.15, 0.2) is 0 Å². The number of imide groups is 2. The van der Waals surface area contributed by atoms with Gasteiger partial charge in [-0.3, -0.25) is 29.0 Å². The summed E-state index contributed by atoms with van der Waals surface area (Å²) in [5, 5.41) is 1.06. The van der Waals surface area contributed by atoms with Gasteiger partial charge in [0, 0.05) is 91.1 Å². The monoisotopic (exact) mass is 1520 g/mol. The summed E-state index contributed by atoms with van der Waals surface area (Å²) < 4.78 is 62.4. The van der Waals surface area contributed by atoms with Crippen LogP contribution in [0.25, 0.3) is 43.1 Å². The van der Waals surface area contributed by atoms with E-state index >= 15 is 19.2 Å². The highest BCUT2D eigenvalue weighted by atomic mass is 16.6. The van der Waals surface area contributed by atoms with E-state index in [9.17, 15) is 28.8 Å². The van der Waals surface area contributed by atoms with Crippen molar-refractivity contribution in [1.29, 1.82) is 0 Å². The first-order valence-electron chi connectivity index (χ1n) is 37.4. The Morgan fingerprint density at radius 1 is 0.321 bits per heavy atom. The maximum Gasteiger partial charge on any atom is 0.333 e. The summed E-state index contributed by atoms with van der Waals surface area (Å²) in [6.07, 6.45) is 2.06. The van der Waals surface area contributed by atoms with Gasteiger partial charge in [-0.15, -0.1) is 0 Å². The Morgan fingerprint density at radius 3 is 0.741 bits per heavy atom. The lowest BCUT2D eigenvalue weighted by atomic mass is 9.80. The van der Waals surface area contributed by atoms with Gasteiger partial charge >= 0.3 is 35.8 Å². The number of hydrogen-bond acceptors (Lipinski definition) is 20. The summed E-state index contributed by atoms with van der Waals surface area (Å²) in [4.78, 5) is 146. The van der Waals surface area contributed by atoms with Crippen molar-refractivity contribution in [3.63, 3.8) is 0 Å². The van der Waals surface area contributed by atoms with Gasteiger partial charge < -0.3 is 47.4 Å². The Labute approximate surface area is 649 Å². The fourth-order valence-corrected chi connectivity index (χ4v) is 13.5. The molecule has 4 amide bonds. The second-order valence-electron chi connectivity index (χ2n) is 28.9. The van der Waals surface area contributed by atoms with Crippen LogP contribution in [0, 0.1) is 11.8 Å². The third-order valence-electron chi connectivity index (χ3n) is 18.9. The molecule has 0 saturated carbocycles. The molecular weight excluding hydrogens is 1430 g/mol. The third kappa shape index (κ3) is 17.6. The number of esters is 6. The van der Waals surface area contributed by atoms with Gasteiger partial charge in [-0.05, 0) is 160 Å². The number of amides is 4. The van der Waals surface area contributed by atoms with Gasteiger partial charge in [0.1, 0.15) is 58.1 Å². The van der Waals surface area contributed by atoms with Crippen LogP contribution in [0.1, 0.15) is 159 Å². The minimum absolute atomic E-state index is 0.000203. The molecule has 11 rings (SSSR count). The van der Waals surface area contributed by atoms with Gasteiger partial charge in [-0.2, -0.15) is 0 Å². The first-order chi connectivity index (χ1) is 53.6. The molecule has 0 aromatic heterocycles. The molecule has 0 saturated heterocycles. The predicted octanol–water partition coefficient (Wildman–Crippen LogP) is 17.5. The zero-order valence-electron chi connectivity index (χ0n) is 64.6. The fraction of sp³-hybridized carbons (Fsp3) is 0.311. The molecule has 22 heteroatoms. The van der Waals surface area contributed by atoms with E-state index in [1.165, 1.54) is 24.3 Å². The van der Waals surface area contributed by atoms with Crippen LogP contribution in [-0.4, -0.2) is 121 Å². The van der Waals surface area contributed by atoms with Crippen LogP contribution in [0.3, 0.4) is 0 Å². The van der Waals surface area contributed by atoms with Crippen molar-refractivity contribution in [1.82, 2.24) is 9.80 Å². The zero-order chi connectivity index (χ0) is 80.5. The van der Waals surface area contributed by atoms with E-state index in [1.807, 2.05) is 41.5 Å². The molecular formula is C90H90N2O20. The lowest BCUT2D eigenvalue weighted by Gasteiger charge is -2.36. The van der Waals surface area contributed by atoms with Crippen molar-refractivity contribution in [3.8, 4) is 46.0 Å². The number of benzene rings is 9. The van der Waals surface area contributed by atoms with Crippen LogP contribution >= 0.6 is 0 Å². The third-order valence-corrected chi connectivity index (χ3v) is 18.9. The molecule has 2 unspecified atom stereocenters. The Kier molecular flexibility index (Phi) is 25.2. The average molecular weight is 1520 g/mol. The number of nitrogens with zero attached hydrogens (tertiary/aromatic N) is 2. The number of carbonyl (C=O) groups is 10. The van der Waals surface area contributed by atoms with Crippen LogP contribution in [0.4, 0.5) is 0 Å². The minimum atomic E-state index is -1.45. The number of fused-ring (bicyclic) bond motifs is 2. The topological polar surface area (TPSA) is 269 Å². The van der Waals surface area contributed by atoms with E-state index in [1.54, 1.807) is 125 Å². The molecule has 22 nitrogen and oxygen atoms in total. The molecule has 0 bridgehead atoms. The molecule has 0 aliphatic carbocycles. The summed E-state index contributed by atoms with van der Waals surface area (Å²) in [6, 6.07) is 30.7. The Morgan fingerprint density at radius 2 is 0.545 bits per heavy atom. The maximum absolute atomic E-state index is 16.3. The van der Waals surface area contributed by atoms with Crippen LogP contribution < -0.4 is 18.9 Å². The minimum Gasteiger partial charge on any atom is -0.464 e. The van der Waals surface area contributed by atoms with Crippen molar-refractivity contribution in [2.24, 2.45) is 11.8 Å². The molecule has 9 aromatic rings. The molecule has 580 valence electrons. The van der Waals surface area contributed by atoms with E-state index < -0.39 is 71.5 Å². The SMILES string of the molecule is C=C(C)C(=O)OCCc1ccc(Oc2cc3c4c(cc(Oc5ccc(CCOC(=O)C(=C)C)cc5)c5c6c(Oc7ccc(CCOC(=O)C(=C)C)cc7)cc7c8c(cc(Oc9ccc(CCOC(=O)C(=C)C)cc9)c(c2c45)c86)C(=O)N(C(CC(C)C)C(=O)OCCC)C7=O)C(=O)N(C(CC(C)C)C(=O)OCCC)C3=O)cc1. The van der Waals surface area contributed by atoms with Crippen molar-refractivity contribution < 1.29 is 95.3 Å². The normalized spacial score (nSPS) is 13.0. The van der Waals surface area contributed by atoms with E-state index in [2.05, 4.69) is 26.3 Å². The largest absolute Gasteiger partial charge is 0.464 e. The molecule has 0 N–H and O–H groups in total. The van der Waals surface area contributed by atoms with Gasteiger partial charge in [-0.25, -0.2) is 28.8 Å². The Balaban J connectivity index is 1.29. The second-order valence-corrected chi connectivity index (χ2v) is 28.9. The van der Waals surface area contributed by atoms with Crippen molar-refractivity contribution in [2.75, 3.05) is 39.6 Å². The highest BCUT2D eigenvalue weighted by Crippen LogP contribution is 2.58. The lowest BCUT2D eigenvalue weighted by molar-refractivity contribution is -0.149. The summed E-state index contributed by atoms with van der Waals surface area (Å²) in [7, 11) is 0. The van der Waals surface area contributed by atoms with Gasteiger partial charge in [0.2, 0.25) is 0 Å². The maximum atomic E-state index is 16.3.